The summed E-state index contributed by atoms with van der Waals surface area (Å²) in [5.41, 5.74) is 1.61. The SMILES string of the molecule is O=C(Nc1cnc(OCC(F)(F)F)c(-c2ccccc2)c1)c1cccnc1. The highest BCUT2D eigenvalue weighted by atomic mass is 19.4. The van der Waals surface area contributed by atoms with E-state index in [2.05, 4.69) is 15.3 Å². The molecule has 0 unspecified atom stereocenters. The van der Waals surface area contributed by atoms with Gasteiger partial charge >= 0.3 is 6.18 Å². The third-order valence-corrected chi connectivity index (χ3v) is 3.49. The molecule has 27 heavy (non-hydrogen) atoms. The van der Waals surface area contributed by atoms with E-state index >= 15 is 0 Å². The Morgan fingerprint density at radius 3 is 2.52 bits per heavy atom. The molecule has 3 aromatic rings. The van der Waals surface area contributed by atoms with Gasteiger partial charge in [-0.05, 0) is 23.8 Å². The first-order valence-electron chi connectivity index (χ1n) is 7.89. The lowest BCUT2D eigenvalue weighted by Gasteiger charge is -2.14. The largest absolute Gasteiger partial charge is 0.468 e. The number of carbonyl (C=O) groups excluding carboxylic acids is 1. The Morgan fingerprint density at radius 1 is 1.07 bits per heavy atom. The normalized spacial score (nSPS) is 11.1. The summed E-state index contributed by atoms with van der Waals surface area (Å²) in [5, 5.41) is 2.65. The van der Waals surface area contributed by atoms with Crippen molar-refractivity contribution in [3.63, 3.8) is 0 Å². The highest BCUT2D eigenvalue weighted by Gasteiger charge is 2.29. The molecule has 0 aliphatic heterocycles. The molecule has 0 atom stereocenters. The Morgan fingerprint density at radius 2 is 1.85 bits per heavy atom. The molecule has 3 rings (SSSR count). The number of nitrogens with zero attached hydrogens (tertiary/aromatic N) is 2. The van der Waals surface area contributed by atoms with Crippen LogP contribution in [0.25, 0.3) is 11.1 Å². The highest BCUT2D eigenvalue weighted by molar-refractivity contribution is 6.04. The van der Waals surface area contributed by atoms with E-state index in [1.54, 1.807) is 48.7 Å². The molecule has 0 radical (unpaired) electrons. The Bertz CT molecular complexity index is 916. The zero-order chi connectivity index (χ0) is 19.3. The first kappa shape index (κ1) is 18.4. The molecular formula is C19H14F3N3O2. The van der Waals surface area contributed by atoms with E-state index in [9.17, 15) is 18.0 Å². The number of nitrogens with one attached hydrogen (secondary N) is 1. The molecule has 2 heterocycles. The van der Waals surface area contributed by atoms with Crippen molar-refractivity contribution in [2.45, 2.75) is 6.18 Å². The van der Waals surface area contributed by atoms with E-state index in [1.165, 1.54) is 18.5 Å². The number of halogens is 3. The van der Waals surface area contributed by atoms with Crippen molar-refractivity contribution in [2.24, 2.45) is 0 Å². The van der Waals surface area contributed by atoms with Crippen molar-refractivity contribution in [3.8, 4) is 17.0 Å². The van der Waals surface area contributed by atoms with Gasteiger partial charge in [0.2, 0.25) is 5.88 Å². The second-order valence-electron chi connectivity index (χ2n) is 5.54. The van der Waals surface area contributed by atoms with Gasteiger partial charge in [0.1, 0.15) is 0 Å². The van der Waals surface area contributed by atoms with Crippen molar-refractivity contribution < 1.29 is 22.7 Å². The summed E-state index contributed by atoms with van der Waals surface area (Å²) in [6, 6.07) is 13.4. The Kier molecular flexibility index (Phi) is 5.35. The number of anilines is 1. The maximum Gasteiger partial charge on any atom is 0.422 e. The average Bonchev–Trinajstić information content (AvgIpc) is 2.67. The molecule has 0 saturated carbocycles. The van der Waals surface area contributed by atoms with Crippen molar-refractivity contribution in [1.82, 2.24) is 9.97 Å². The maximum atomic E-state index is 12.5. The number of hydrogen-bond donors (Lipinski definition) is 1. The van der Waals surface area contributed by atoms with Crippen LogP contribution in [0.4, 0.5) is 18.9 Å². The lowest BCUT2D eigenvalue weighted by atomic mass is 10.1. The van der Waals surface area contributed by atoms with Crippen LogP contribution < -0.4 is 10.1 Å². The lowest BCUT2D eigenvalue weighted by Crippen LogP contribution is -2.20. The summed E-state index contributed by atoms with van der Waals surface area (Å²) in [6.07, 6.45) is -0.296. The van der Waals surface area contributed by atoms with Crippen LogP contribution in [0.2, 0.25) is 0 Å². The van der Waals surface area contributed by atoms with Gasteiger partial charge in [0, 0.05) is 18.0 Å². The quantitative estimate of drug-likeness (QED) is 0.723. The Hall–Kier alpha value is -3.42. The number of pyridine rings is 2. The van der Waals surface area contributed by atoms with Gasteiger partial charge in [-0.15, -0.1) is 0 Å². The van der Waals surface area contributed by atoms with Crippen LogP contribution in [-0.2, 0) is 0 Å². The summed E-state index contributed by atoms with van der Waals surface area (Å²) in [6.45, 7) is -1.46. The third-order valence-electron chi connectivity index (χ3n) is 3.49. The predicted molar refractivity (Wildman–Crippen MR) is 93.4 cm³/mol. The van der Waals surface area contributed by atoms with Gasteiger partial charge in [-0.2, -0.15) is 13.2 Å². The van der Waals surface area contributed by atoms with Gasteiger partial charge < -0.3 is 10.1 Å². The van der Waals surface area contributed by atoms with Gasteiger partial charge in [0.05, 0.1) is 17.4 Å². The highest BCUT2D eigenvalue weighted by Crippen LogP contribution is 2.31. The number of carbonyl (C=O) groups is 1. The lowest BCUT2D eigenvalue weighted by molar-refractivity contribution is -0.154. The van der Waals surface area contributed by atoms with Crippen molar-refractivity contribution in [1.29, 1.82) is 0 Å². The number of aromatic nitrogens is 2. The zero-order valence-corrected chi connectivity index (χ0v) is 13.9. The topological polar surface area (TPSA) is 64.1 Å². The maximum absolute atomic E-state index is 12.5. The Labute approximate surface area is 152 Å². The second-order valence-corrected chi connectivity index (χ2v) is 5.54. The van der Waals surface area contributed by atoms with E-state index in [0.29, 0.717) is 22.4 Å². The summed E-state index contributed by atoms with van der Waals surface area (Å²) >= 11 is 0. The fourth-order valence-electron chi connectivity index (χ4n) is 2.31. The summed E-state index contributed by atoms with van der Waals surface area (Å²) < 4.78 is 42.3. The third kappa shape index (κ3) is 5.04. The second kappa shape index (κ2) is 7.86. The van der Waals surface area contributed by atoms with Gasteiger partial charge in [0.15, 0.2) is 6.61 Å². The molecule has 0 saturated heterocycles. The molecular weight excluding hydrogens is 359 g/mol. The molecule has 0 bridgehead atoms. The van der Waals surface area contributed by atoms with Crippen molar-refractivity contribution in [2.75, 3.05) is 11.9 Å². The van der Waals surface area contributed by atoms with Crippen LogP contribution >= 0.6 is 0 Å². The zero-order valence-electron chi connectivity index (χ0n) is 13.9. The number of alkyl halides is 3. The number of rotatable bonds is 5. The standard InChI is InChI=1S/C19H14F3N3O2/c20-19(21,22)12-27-18-16(13-5-2-1-3-6-13)9-15(11-24-18)25-17(26)14-7-4-8-23-10-14/h1-11H,12H2,(H,25,26). The minimum atomic E-state index is -4.48. The number of amides is 1. The summed E-state index contributed by atoms with van der Waals surface area (Å²) in [5.74, 6) is -0.578. The van der Waals surface area contributed by atoms with E-state index in [0.717, 1.165) is 0 Å². The fourth-order valence-corrected chi connectivity index (χ4v) is 2.31. The first-order valence-corrected chi connectivity index (χ1v) is 7.89. The minimum Gasteiger partial charge on any atom is -0.468 e. The molecule has 138 valence electrons. The molecule has 0 aliphatic carbocycles. The van der Waals surface area contributed by atoms with Crippen LogP contribution in [-0.4, -0.2) is 28.7 Å². The predicted octanol–water partition coefficient (Wildman–Crippen LogP) is 4.34. The van der Waals surface area contributed by atoms with E-state index < -0.39 is 18.7 Å². The monoisotopic (exact) mass is 373 g/mol. The minimum absolute atomic E-state index is 0.169. The molecule has 1 aromatic carbocycles. The molecule has 1 N–H and O–H groups in total. The van der Waals surface area contributed by atoms with Crippen LogP contribution in [0.1, 0.15) is 10.4 Å². The van der Waals surface area contributed by atoms with E-state index in [-0.39, 0.29) is 5.88 Å². The summed E-state index contributed by atoms with van der Waals surface area (Å²) in [4.78, 5) is 20.1. The molecule has 8 heteroatoms. The molecule has 0 aliphatic rings. The first-order chi connectivity index (χ1) is 12.9. The number of ether oxygens (including phenoxy) is 1. The Balaban J connectivity index is 1.90. The average molecular weight is 373 g/mol. The fraction of sp³-hybridized carbons (Fsp3) is 0.105. The summed E-state index contributed by atoms with van der Waals surface area (Å²) in [7, 11) is 0. The molecule has 2 aromatic heterocycles. The van der Waals surface area contributed by atoms with Gasteiger partial charge in [0.25, 0.3) is 5.91 Å². The van der Waals surface area contributed by atoms with E-state index in [4.69, 9.17) is 4.74 Å². The van der Waals surface area contributed by atoms with Crippen molar-refractivity contribution in [3.05, 3.63) is 72.7 Å². The smallest absolute Gasteiger partial charge is 0.422 e. The van der Waals surface area contributed by atoms with Crippen molar-refractivity contribution >= 4 is 11.6 Å². The molecule has 1 amide bonds. The van der Waals surface area contributed by atoms with Crippen LogP contribution in [0, 0.1) is 0 Å². The molecule has 5 nitrogen and oxygen atoms in total. The number of benzene rings is 1. The van der Waals surface area contributed by atoms with Crippen LogP contribution in [0.5, 0.6) is 5.88 Å². The van der Waals surface area contributed by atoms with Gasteiger partial charge in [-0.1, -0.05) is 30.3 Å². The van der Waals surface area contributed by atoms with Crippen LogP contribution in [0.15, 0.2) is 67.1 Å². The molecule has 0 fully saturated rings. The number of hydrogen-bond acceptors (Lipinski definition) is 4. The molecule has 0 spiro atoms. The van der Waals surface area contributed by atoms with Gasteiger partial charge in [-0.25, -0.2) is 4.98 Å². The van der Waals surface area contributed by atoms with Crippen LogP contribution in [0.3, 0.4) is 0 Å². The van der Waals surface area contributed by atoms with Gasteiger partial charge in [-0.3, -0.25) is 9.78 Å². The van der Waals surface area contributed by atoms with E-state index in [1.807, 2.05) is 0 Å².